The van der Waals surface area contributed by atoms with Crippen LogP contribution < -0.4 is 5.32 Å². The molecule has 0 spiro atoms. The molecule has 0 saturated carbocycles. The molecular weight excluding hydrogens is 221 g/mol. The van der Waals surface area contributed by atoms with Crippen molar-refractivity contribution >= 4 is 5.97 Å². The Labute approximate surface area is 101 Å². The van der Waals surface area contributed by atoms with E-state index in [2.05, 4.69) is 10.1 Å². The van der Waals surface area contributed by atoms with Gasteiger partial charge in [-0.3, -0.25) is 4.79 Å². The minimum atomic E-state index is -0.231. The fraction of sp³-hybridized carbons (Fsp3) is 0.462. The van der Waals surface area contributed by atoms with Gasteiger partial charge < -0.3 is 10.1 Å². The molecule has 0 aliphatic rings. The number of methoxy groups -OCH3 is 1. The Morgan fingerprint density at radius 2 is 2.29 bits per heavy atom. The molecule has 0 unspecified atom stereocenters. The van der Waals surface area contributed by atoms with Crippen molar-refractivity contribution in [3.63, 3.8) is 0 Å². The normalized spacial score (nSPS) is 12.2. The molecule has 0 aliphatic heterocycles. The molecule has 0 amide bonds. The Hall–Kier alpha value is -1.42. The quantitative estimate of drug-likeness (QED) is 0.612. The number of hydrogen-bond acceptors (Lipinski definition) is 3. The third-order valence-electron chi connectivity index (χ3n) is 2.58. The zero-order chi connectivity index (χ0) is 12.7. The highest BCUT2D eigenvalue weighted by Gasteiger charge is 2.06. The molecule has 1 aromatic rings. The summed E-state index contributed by atoms with van der Waals surface area (Å²) in [7, 11) is 1.38. The van der Waals surface area contributed by atoms with E-state index < -0.39 is 0 Å². The molecule has 0 aliphatic carbocycles. The smallest absolute Gasteiger partial charge is 0.305 e. The van der Waals surface area contributed by atoms with Gasteiger partial charge in [0.05, 0.1) is 7.11 Å². The van der Waals surface area contributed by atoms with Gasteiger partial charge in [0.25, 0.3) is 0 Å². The van der Waals surface area contributed by atoms with Crippen molar-refractivity contribution in [2.45, 2.75) is 25.8 Å². The topological polar surface area (TPSA) is 38.3 Å². The molecule has 0 saturated heterocycles. The summed E-state index contributed by atoms with van der Waals surface area (Å²) in [5.74, 6) is -0.434. The van der Waals surface area contributed by atoms with E-state index in [4.69, 9.17) is 0 Å². The molecule has 0 heterocycles. The van der Waals surface area contributed by atoms with Gasteiger partial charge in [0, 0.05) is 12.5 Å². The summed E-state index contributed by atoms with van der Waals surface area (Å²) in [6, 6.07) is 6.58. The van der Waals surface area contributed by atoms with E-state index in [1.54, 1.807) is 6.07 Å². The van der Waals surface area contributed by atoms with Gasteiger partial charge in [0.2, 0.25) is 0 Å². The van der Waals surface area contributed by atoms with Crippen LogP contribution in [0.3, 0.4) is 0 Å². The van der Waals surface area contributed by atoms with Crippen molar-refractivity contribution < 1.29 is 13.9 Å². The molecule has 17 heavy (non-hydrogen) atoms. The van der Waals surface area contributed by atoms with E-state index in [0.717, 1.165) is 5.56 Å². The molecule has 1 rings (SSSR count). The summed E-state index contributed by atoms with van der Waals surface area (Å²) in [5, 5.41) is 3.23. The van der Waals surface area contributed by atoms with E-state index in [-0.39, 0.29) is 17.8 Å². The van der Waals surface area contributed by atoms with Gasteiger partial charge in [-0.2, -0.15) is 0 Å². The molecular formula is C13H18FNO2. The fourth-order valence-corrected chi connectivity index (χ4v) is 1.55. The first-order valence-corrected chi connectivity index (χ1v) is 5.69. The molecule has 0 fully saturated rings. The van der Waals surface area contributed by atoms with Gasteiger partial charge >= 0.3 is 5.97 Å². The summed E-state index contributed by atoms with van der Waals surface area (Å²) >= 11 is 0. The lowest BCUT2D eigenvalue weighted by Gasteiger charge is -2.13. The Kier molecular flexibility index (Phi) is 5.63. The Morgan fingerprint density at radius 1 is 1.53 bits per heavy atom. The van der Waals surface area contributed by atoms with E-state index >= 15 is 0 Å². The zero-order valence-corrected chi connectivity index (χ0v) is 10.2. The zero-order valence-electron chi connectivity index (χ0n) is 10.2. The summed E-state index contributed by atoms with van der Waals surface area (Å²) < 4.78 is 17.5. The van der Waals surface area contributed by atoms with Crippen LogP contribution >= 0.6 is 0 Å². The Balaban J connectivity index is 2.30. The number of carbonyl (C=O) groups is 1. The predicted octanol–water partition coefficient (Wildman–Crippen LogP) is 2.43. The first kappa shape index (κ1) is 13.6. The van der Waals surface area contributed by atoms with Gasteiger partial charge in [0.1, 0.15) is 5.82 Å². The molecule has 0 radical (unpaired) electrons. The van der Waals surface area contributed by atoms with Gasteiger partial charge in [0.15, 0.2) is 0 Å². The van der Waals surface area contributed by atoms with Crippen molar-refractivity contribution in [2.75, 3.05) is 13.7 Å². The first-order valence-electron chi connectivity index (χ1n) is 5.69. The van der Waals surface area contributed by atoms with E-state index in [1.165, 1.54) is 19.2 Å². The molecule has 94 valence electrons. The number of carbonyl (C=O) groups excluding carboxylic acids is 1. The van der Waals surface area contributed by atoms with Crippen LogP contribution in [0.2, 0.25) is 0 Å². The third kappa shape index (κ3) is 4.95. The molecule has 0 aromatic heterocycles. The number of nitrogens with one attached hydrogen (secondary N) is 1. The largest absolute Gasteiger partial charge is 0.469 e. The minimum Gasteiger partial charge on any atom is -0.469 e. The molecule has 1 aromatic carbocycles. The monoisotopic (exact) mass is 239 g/mol. The fourth-order valence-electron chi connectivity index (χ4n) is 1.55. The Morgan fingerprint density at radius 3 is 2.94 bits per heavy atom. The van der Waals surface area contributed by atoms with Crippen LogP contribution in [0.25, 0.3) is 0 Å². The van der Waals surface area contributed by atoms with E-state index in [1.807, 2.05) is 13.0 Å². The molecule has 0 bridgehead atoms. The number of halogens is 1. The summed E-state index contributed by atoms with van der Waals surface area (Å²) in [6.07, 6.45) is 1.12. The molecule has 4 heteroatoms. The van der Waals surface area contributed by atoms with Crippen LogP contribution in [0.5, 0.6) is 0 Å². The van der Waals surface area contributed by atoms with Crippen LogP contribution in [0.1, 0.15) is 31.4 Å². The van der Waals surface area contributed by atoms with Crippen molar-refractivity contribution in [3.8, 4) is 0 Å². The number of ether oxygens (including phenoxy) is 1. The molecule has 3 nitrogen and oxygen atoms in total. The van der Waals surface area contributed by atoms with Crippen LogP contribution in [-0.4, -0.2) is 19.6 Å². The lowest BCUT2D eigenvalue weighted by molar-refractivity contribution is -0.140. The van der Waals surface area contributed by atoms with Crippen LogP contribution in [0.4, 0.5) is 4.39 Å². The van der Waals surface area contributed by atoms with E-state index in [0.29, 0.717) is 19.4 Å². The standard InChI is InChI=1S/C13H18FNO2/c1-10(11-5-3-6-12(14)9-11)15-8-4-7-13(16)17-2/h3,5-6,9-10,15H,4,7-8H2,1-2H3/t10-/m0/s1. The SMILES string of the molecule is COC(=O)CCCN[C@@H](C)c1cccc(F)c1. The highest BCUT2D eigenvalue weighted by atomic mass is 19.1. The highest BCUT2D eigenvalue weighted by Crippen LogP contribution is 2.13. The summed E-state index contributed by atoms with van der Waals surface area (Å²) in [4.78, 5) is 10.9. The second kappa shape index (κ2) is 7.01. The van der Waals surface area contributed by atoms with Crippen LogP contribution in [-0.2, 0) is 9.53 Å². The first-order chi connectivity index (χ1) is 8.13. The van der Waals surface area contributed by atoms with E-state index in [9.17, 15) is 9.18 Å². The predicted molar refractivity (Wildman–Crippen MR) is 64.1 cm³/mol. The number of benzene rings is 1. The molecule has 1 atom stereocenters. The maximum Gasteiger partial charge on any atom is 0.305 e. The van der Waals surface area contributed by atoms with Crippen molar-refractivity contribution in [3.05, 3.63) is 35.6 Å². The average Bonchev–Trinajstić information content (AvgIpc) is 2.34. The third-order valence-corrected chi connectivity index (χ3v) is 2.58. The number of hydrogen-bond donors (Lipinski definition) is 1. The van der Waals surface area contributed by atoms with Gasteiger partial charge in [-0.05, 0) is 37.6 Å². The lowest BCUT2D eigenvalue weighted by atomic mass is 10.1. The van der Waals surface area contributed by atoms with Crippen LogP contribution in [0.15, 0.2) is 24.3 Å². The van der Waals surface area contributed by atoms with Crippen molar-refractivity contribution in [1.29, 1.82) is 0 Å². The lowest BCUT2D eigenvalue weighted by Crippen LogP contribution is -2.20. The second-order valence-electron chi connectivity index (χ2n) is 3.91. The number of rotatable bonds is 6. The average molecular weight is 239 g/mol. The molecule has 1 N–H and O–H groups in total. The van der Waals surface area contributed by atoms with Crippen molar-refractivity contribution in [1.82, 2.24) is 5.32 Å². The van der Waals surface area contributed by atoms with Gasteiger partial charge in [-0.1, -0.05) is 12.1 Å². The second-order valence-corrected chi connectivity index (χ2v) is 3.91. The summed E-state index contributed by atoms with van der Waals surface area (Å²) in [6.45, 7) is 2.67. The minimum absolute atomic E-state index is 0.0725. The maximum atomic E-state index is 13.0. The van der Waals surface area contributed by atoms with Gasteiger partial charge in [-0.15, -0.1) is 0 Å². The Bertz CT molecular complexity index is 368. The number of esters is 1. The van der Waals surface area contributed by atoms with Gasteiger partial charge in [-0.25, -0.2) is 4.39 Å². The summed E-state index contributed by atoms with van der Waals surface area (Å²) in [5.41, 5.74) is 0.906. The van der Waals surface area contributed by atoms with Crippen molar-refractivity contribution in [2.24, 2.45) is 0 Å². The van der Waals surface area contributed by atoms with Crippen LogP contribution in [0, 0.1) is 5.82 Å². The highest BCUT2D eigenvalue weighted by molar-refractivity contribution is 5.69. The maximum absolute atomic E-state index is 13.0.